The van der Waals surface area contributed by atoms with E-state index in [1.807, 2.05) is 64.0 Å². The highest BCUT2D eigenvalue weighted by Crippen LogP contribution is 2.19. The van der Waals surface area contributed by atoms with Crippen molar-refractivity contribution < 1.29 is 9.59 Å². The first-order valence-electron chi connectivity index (χ1n) is 7.46. The first-order chi connectivity index (χ1) is 10.1. The van der Waals surface area contributed by atoms with Crippen molar-refractivity contribution in [2.24, 2.45) is 5.41 Å². The Kier molecular flexibility index (Phi) is 5.97. The molecule has 0 radical (unpaired) electrons. The molecule has 1 aromatic rings. The van der Waals surface area contributed by atoms with Crippen molar-refractivity contribution in [2.45, 2.75) is 27.7 Å². The van der Waals surface area contributed by atoms with Gasteiger partial charge >= 0.3 is 0 Å². The molecule has 2 amide bonds. The highest BCUT2D eigenvalue weighted by Gasteiger charge is 2.21. The minimum atomic E-state index is -0.422. The van der Waals surface area contributed by atoms with Gasteiger partial charge in [-0.25, -0.2) is 0 Å². The molecule has 0 atom stereocenters. The van der Waals surface area contributed by atoms with Crippen LogP contribution in [0.25, 0.3) is 0 Å². The molecule has 0 saturated heterocycles. The number of benzene rings is 1. The summed E-state index contributed by atoms with van der Waals surface area (Å²) in [6.45, 7) is 8.02. The first kappa shape index (κ1) is 18.0. The summed E-state index contributed by atoms with van der Waals surface area (Å²) in [4.78, 5) is 27.4. The van der Waals surface area contributed by atoms with Crippen LogP contribution in [0.1, 0.15) is 27.7 Å². The topological polar surface area (TPSA) is 52.7 Å². The Labute approximate surface area is 133 Å². The summed E-state index contributed by atoms with van der Waals surface area (Å²) in [5.41, 5.74) is 1.49. The quantitative estimate of drug-likeness (QED) is 0.908. The molecule has 0 fully saturated rings. The number of hydrogen-bond donors (Lipinski definition) is 1. The van der Waals surface area contributed by atoms with E-state index in [4.69, 9.17) is 0 Å². The molecular weight excluding hydrogens is 278 g/mol. The van der Waals surface area contributed by atoms with Gasteiger partial charge in [0.1, 0.15) is 0 Å². The number of nitrogens with one attached hydrogen (secondary N) is 1. The van der Waals surface area contributed by atoms with Crippen LogP contribution in [0.2, 0.25) is 0 Å². The van der Waals surface area contributed by atoms with E-state index in [-0.39, 0.29) is 11.8 Å². The van der Waals surface area contributed by atoms with Crippen molar-refractivity contribution in [3.63, 3.8) is 0 Å². The van der Waals surface area contributed by atoms with Crippen LogP contribution in [0.3, 0.4) is 0 Å². The van der Waals surface area contributed by atoms with Crippen LogP contribution in [-0.2, 0) is 9.59 Å². The van der Waals surface area contributed by atoms with Gasteiger partial charge in [-0.1, -0.05) is 20.8 Å². The van der Waals surface area contributed by atoms with Gasteiger partial charge in [-0.3, -0.25) is 9.59 Å². The zero-order chi connectivity index (χ0) is 16.9. The van der Waals surface area contributed by atoms with Crippen LogP contribution in [-0.4, -0.2) is 39.0 Å². The van der Waals surface area contributed by atoms with Gasteiger partial charge in [-0.05, 0) is 24.3 Å². The summed E-state index contributed by atoms with van der Waals surface area (Å²) >= 11 is 0. The highest BCUT2D eigenvalue weighted by molar-refractivity contribution is 5.91. The van der Waals surface area contributed by atoms with Gasteiger partial charge in [0.15, 0.2) is 0 Å². The normalized spacial score (nSPS) is 11.0. The molecule has 0 heterocycles. The van der Waals surface area contributed by atoms with E-state index in [1.54, 1.807) is 4.90 Å². The third-order valence-corrected chi connectivity index (χ3v) is 3.36. The molecule has 0 aliphatic heterocycles. The summed E-state index contributed by atoms with van der Waals surface area (Å²) in [5.74, 6) is -0.0541. The minimum Gasteiger partial charge on any atom is -0.378 e. The standard InChI is InChI=1S/C17H27N3O2/c1-13(21)20(12-11-18-16(22)17(2,3)4)15-9-7-14(8-10-15)19(5)6/h7-10H,11-12H2,1-6H3,(H,18,22). The SMILES string of the molecule is CC(=O)N(CCNC(=O)C(C)(C)C)c1ccc(N(C)C)cc1. The Hall–Kier alpha value is -2.04. The summed E-state index contributed by atoms with van der Waals surface area (Å²) in [7, 11) is 3.94. The fourth-order valence-corrected chi connectivity index (χ4v) is 1.95. The molecule has 5 heteroatoms. The fraction of sp³-hybridized carbons (Fsp3) is 0.529. The first-order valence-corrected chi connectivity index (χ1v) is 7.46. The summed E-state index contributed by atoms with van der Waals surface area (Å²) in [6.07, 6.45) is 0. The lowest BCUT2D eigenvalue weighted by molar-refractivity contribution is -0.128. The maximum Gasteiger partial charge on any atom is 0.225 e. The maximum absolute atomic E-state index is 11.9. The molecule has 5 nitrogen and oxygen atoms in total. The van der Waals surface area contributed by atoms with Crippen LogP contribution >= 0.6 is 0 Å². The van der Waals surface area contributed by atoms with Crippen LogP contribution < -0.4 is 15.1 Å². The molecular formula is C17H27N3O2. The number of carbonyl (C=O) groups is 2. The second kappa shape index (κ2) is 7.29. The summed E-state index contributed by atoms with van der Waals surface area (Å²) in [5, 5.41) is 2.87. The molecule has 0 spiro atoms. The molecule has 0 aliphatic rings. The molecule has 1 aromatic carbocycles. The van der Waals surface area contributed by atoms with E-state index >= 15 is 0 Å². The van der Waals surface area contributed by atoms with Gasteiger partial charge in [0, 0.05) is 50.9 Å². The maximum atomic E-state index is 11.9. The molecule has 1 rings (SSSR count). The van der Waals surface area contributed by atoms with E-state index in [0.29, 0.717) is 13.1 Å². The number of rotatable bonds is 5. The predicted molar refractivity (Wildman–Crippen MR) is 91.3 cm³/mol. The van der Waals surface area contributed by atoms with Crippen LogP contribution in [0.15, 0.2) is 24.3 Å². The minimum absolute atomic E-state index is 0.0149. The molecule has 0 unspecified atom stereocenters. The van der Waals surface area contributed by atoms with Gasteiger partial charge < -0.3 is 15.1 Å². The largest absolute Gasteiger partial charge is 0.378 e. The Bertz CT molecular complexity index is 516. The van der Waals surface area contributed by atoms with Crippen molar-refractivity contribution >= 4 is 23.2 Å². The number of nitrogens with zero attached hydrogens (tertiary/aromatic N) is 2. The Morgan fingerprint density at radius 1 is 1.05 bits per heavy atom. The Morgan fingerprint density at radius 3 is 1.95 bits per heavy atom. The molecule has 1 N–H and O–H groups in total. The number of anilines is 2. The van der Waals surface area contributed by atoms with Crippen molar-refractivity contribution in [1.82, 2.24) is 5.32 Å². The lowest BCUT2D eigenvalue weighted by atomic mass is 9.96. The zero-order valence-electron chi connectivity index (χ0n) is 14.4. The summed E-state index contributed by atoms with van der Waals surface area (Å²) in [6, 6.07) is 7.78. The average molecular weight is 305 g/mol. The predicted octanol–water partition coefficient (Wildman–Crippen LogP) is 2.27. The highest BCUT2D eigenvalue weighted by atomic mass is 16.2. The van der Waals surface area contributed by atoms with E-state index in [2.05, 4.69) is 5.32 Å². The number of amides is 2. The third-order valence-electron chi connectivity index (χ3n) is 3.36. The molecule has 0 bridgehead atoms. The van der Waals surface area contributed by atoms with Gasteiger partial charge in [0.05, 0.1) is 0 Å². The van der Waals surface area contributed by atoms with E-state index < -0.39 is 5.41 Å². The lowest BCUT2D eigenvalue weighted by Gasteiger charge is -2.24. The van der Waals surface area contributed by atoms with E-state index in [9.17, 15) is 9.59 Å². The Balaban J connectivity index is 2.70. The van der Waals surface area contributed by atoms with Crippen molar-refractivity contribution in [3.8, 4) is 0 Å². The fourth-order valence-electron chi connectivity index (χ4n) is 1.95. The van der Waals surface area contributed by atoms with E-state index in [1.165, 1.54) is 6.92 Å². The summed E-state index contributed by atoms with van der Waals surface area (Å²) < 4.78 is 0. The zero-order valence-corrected chi connectivity index (χ0v) is 14.4. The van der Waals surface area contributed by atoms with Gasteiger partial charge in [0.25, 0.3) is 0 Å². The molecule has 22 heavy (non-hydrogen) atoms. The molecule has 0 aromatic heterocycles. The van der Waals surface area contributed by atoms with Crippen LogP contribution in [0.4, 0.5) is 11.4 Å². The van der Waals surface area contributed by atoms with Crippen molar-refractivity contribution in [3.05, 3.63) is 24.3 Å². The second-order valence-electron chi connectivity index (χ2n) is 6.59. The third kappa shape index (κ3) is 5.06. The molecule has 122 valence electrons. The van der Waals surface area contributed by atoms with Crippen molar-refractivity contribution in [1.29, 1.82) is 0 Å². The van der Waals surface area contributed by atoms with Crippen LogP contribution in [0, 0.1) is 5.41 Å². The van der Waals surface area contributed by atoms with Gasteiger partial charge in [-0.2, -0.15) is 0 Å². The smallest absolute Gasteiger partial charge is 0.225 e. The molecule has 0 saturated carbocycles. The van der Waals surface area contributed by atoms with Gasteiger partial charge in [-0.15, -0.1) is 0 Å². The number of carbonyl (C=O) groups excluding carboxylic acids is 2. The number of hydrogen-bond acceptors (Lipinski definition) is 3. The Morgan fingerprint density at radius 2 is 1.55 bits per heavy atom. The average Bonchev–Trinajstić information content (AvgIpc) is 2.42. The van der Waals surface area contributed by atoms with Gasteiger partial charge in [0.2, 0.25) is 11.8 Å². The molecule has 0 aliphatic carbocycles. The van der Waals surface area contributed by atoms with Crippen molar-refractivity contribution in [2.75, 3.05) is 37.0 Å². The van der Waals surface area contributed by atoms with Crippen LogP contribution in [0.5, 0.6) is 0 Å². The van der Waals surface area contributed by atoms with E-state index in [0.717, 1.165) is 11.4 Å². The second-order valence-corrected chi connectivity index (χ2v) is 6.59. The lowest BCUT2D eigenvalue weighted by Crippen LogP contribution is -2.41. The monoisotopic (exact) mass is 305 g/mol.